The van der Waals surface area contributed by atoms with Gasteiger partial charge in [0.25, 0.3) is 0 Å². The summed E-state index contributed by atoms with van der Waals surface area (Å²) in [5, 5.41) is 12.3. The number of carbonyl (C=O) groups is 1. The van der Waals surface area contributed by atoms with Crippen LogP contribution in [0.15, 0.2) is 42.7 Å². The summed E-state index contributed by atoms with van der Waals surface area (Å²) in [4.78, 5) is 18.8. The topological polar surface area (TPSA) is 62.7 Å². The predicted molar refractivity (Wildman–Crippen MR) is 121 cm³/mol. The molecular weight excluding hydrogens is 388 g/mol. The number of nitrogens with zero attached hydrogens (tertiary/aromatic N) is 2. The number of rotatable bonds is 7. The lowest BCUT2D eigenvalue weighted by molar-refractivity contribution is -0.144. The minimum Gasteiger partial charge on any atom is -0.466 e. The molecule has 1 aliphatic carbocycles. The zero-order valence-electron chi connectivity index (χ0n) is 19.3. The average molecular weight is 423 g/mol. The summed E-state index contributed by atoms with van der Waals surface area (Å²) < 4.78 is 5.19. The van der Waals surface area contributed by atoms with E-state index in [-0.39, 0.29) is 23.2 Å². The fourth-order valence-corrected chi connectivity index (χ4v) is 5.28. The van der Waals surface area contributed by atoms with E-state index in [2.05, 4.69) is 68.0 Å². The van der Waals surface area contributed by atoms with Gasteiger partial charge in [-0.2, -0.15) is 0 Å². The number of hydrogen-bond acceptors (Lipinski definition) is 5. The molecule has 1 saturated carbocycles. The Morgan fingerprint density at radius 3 is 2.52 bits per heavy atom. The van der Waals surface area contributed by atoms with Crippen LogP contribution in [-0.4, -0.2) is 47.7 Å². The van der Waals surface area contributed by atoms with E-state index in [4.69, 9.17) is 4.74 Å². The Morgan fingerprint density at radius 2 is 1.94 bits per heavy atom. The molecule has 1 N–H and O–H groups in total. The minimum absolute atomic E-state index is 0.0964. The van der Waals surface area contributed by atoms with Crippen LogP contribution in [0.1, 0.15) is 68.2 Å². The number of pyridine rings is 1. The molecule has 0 amide bonds. The maximum atomic E-state index is 12.3. The van der Waals surface area contributed by atoms with Crippen LogP contribution in [0.25, 0.3) is 0 Å². The van der Waals surface area contributed by atoms with Crippen molar-refractivity contribution < 1.29 is 14.6 Å². The number of aromatic nitrogens is 1. The van der Waals surface area contributed by atoms with Crippen molar-refractivity contribution in [2.75, 3.05) is 26.7 Å². The summed E-state index contributed by atoms with van der Waals surface area (Å²) in [6.45, 7) is 10.3. The SMILES string of the molecule is CCOC(=O)C1CC1c1cncc(C(O)(c2ccc(C(C)C)cc2)C2(C)CN(C)C2)c1. The third kappa shape index (κ3) is 3.79. The summed E-state index contributed by atoms with van der Waals surface area (Å²) in [7, 11) is 2.08. The van der Waals surface area contributed by atoms with Gasteiger partial charge < -0.3 is 14.7 Å². The van der Waals surface area contributed by atoms with Crippen LogP contribution in [0.5, 0.6) is 0 Å². The molecule has 1 aromatic carbocycles. The Hall–Kier alpha value is -2.24. The summed E-state index contributed by atoms with van der Waals surface area (Å²) >= 11 is 0. The summed E-state index contributed by atoms with van der Waals surface area (Å²) in [5.74, 6) is 0.328. The van der Waals surface area contributed by atoms with Crippen molar-refractivity contribution in [1.82, 2.24) is 9.88 Å². The van der Waals surface area contributed by atoms with Crippen LogP contribution in [0.2, 0.25) is 0 Å². The lowest BCUT2D eigenvalue weighted by Gasteiger charge is -2.56. The highest BCUT2D eigenvalue weighted by Crippen LogP contribution is 2.52. The monoisotopic (exact) mass is 422 g/mol. The van der Waals surface area contributed by atoms with Gasteiger partial charge in [-0.25, -0.2) is 0 Å². The van der Waals surface area contributed by atoms with Crippen LogP contribution in [-0.2, 0) is 15.1 Å². The smallest absolute Gasteiger partial charge is 0.309 e. The van der Waals surface area contributed by atoms with Gasteiger partial charge in [0.05, 0.1) is 12.5 Å². The molecule has 2 fully saturated rings. The zero-order chi connectivity index (χ0) is 22.4. The number of benzene rings is 1. The van der Waals surface area contributed by atoms with Crippen LogP contribution in [0, 0.1) is 11.3 Å². The van der Waals surface area contributed by atoms with E-state index in [0.29, 0.717) is 12.5 Å². The largest absolute Gasteiger partial charge is 0.466 e. The van der Waals surface area contributed by atoms with Gasteiger partial charge in [0.1, 0.15) is 5.60 Å². The Bertz CT molecular complexity index is 949. The van der Waals surface area contributed by atoms with Gasteiger partial charge >= 0.3 is 5.97 Å². The second kappa shape index (κ2) is 8.03. The van der Waals surface area contributed by atoms with Crippen LogP contribution >= 0.6 is 0 Å². The Kier molecular flexibility index (Phi) is 5.69. The highest BCUT2D eigenvalue weighted by Gasteiger charge is 2.55. The fraction of sp³-hybridized carbons (Fsp3) is 0.538. The molecule has 1 saturated heterocycles. The van der Waals surface area contributed by atoms with Gasteiger partial charge in [0.15, 0.2) is 0 Å². The molecule has 4 rings (SSSR count). The minimum atomic E-state index is -1.16. The lowest BCUT2D eigenvalue weighted by atomic mass is 9.62. The van der Waals surface area contributed by atoms with E-state index in [9.17, 15) is 9.90 Å². The first kappa shape index (κ1) is 22.0. The number of likely N-dealkylation sites (tertiary alicyclic amines) is 1. The molecule has 2 aliphatic rings. The van der Waals surface area contributed by atoms with Gasteiger partial charge in [0.2, 0.25) is 0 Å². The third-order valence-corrected chi connectivity index (χ3v) is 7.09. The molecule has 5 nitrogen and oxygen atoms in total. The van der Waals surface area contributed by atoms with E-state index in [1.807, 2.05) is 13.1 Å². The average Bonchev–Trinajstić information content (AvgIpc) is 3.53. The second-order valence-electron chi connectivity index (χ2n) is 9.93. The highest BCUT2D eigenvalue weighted by molar-refractivity contribution is 5.77. The molecule has 3 atom stereocenters. The van der Waals surface area contributed by atoms with Gasteiger partial charge in [-0.3, -0.25) is 9.78 Å². The first-order valence-corrected chi connectivity index (χ1v) is 11.3. The molecule has 3 unspecified atom stereocenters. The number of aliphatic hydroxyl groups is 1. The molecule has 2 heterocycles. The normalized spacial score (nSPS) is 24.4. The van der Waals surface area contributed by atoms with Crippen molar-refractivity contribution in [2.45, 2.75) is 51.6 Å². The summed E-state index contributed by atoms with van der Waals surface area (Å²) in [6.07, 6.45) is 4.39. The number of carbonyl (C=O) groups excluding carboxylic acids is 1. The molecule has 1 aliphatic heterocycles. The fourth-order valence-electron chi connectivity index (χ4n) is 5.28. The molecule has 2 aromatic rings. The first-order chi connectivity index (χ1) is 14.7. The summed E-state index contributed by atoms with van der Waals surface area (Å²) in [6, 6.07) is 10.4. The van der Waals surface area contributed by atoms with Crippen LogP contribution in [0.4, 0.5) is 0 Å². The quantitative estimate of drug-likeness (QED) is 0.682. The van der Waals surface area contributed by atoms with Gasteiger partial charge in [0, 0.05) is 36.5 Å². The van der Waals surface area contributed by atoms with E-state index < -0.39 is 5.60 Å². The highest BCUT2D eigenvalue weighted by atomic mass is 16.5. The molecule has 0 spiro atoms. The molecule has 31 heavy (non-hydrogen) atoms. The van der Waals surface area contributed by atoms with Crippen molar-refractivity contribution in [3.05, 3.63) is 65.0 Å². The standard InChI is InChI=1S/C26H34N2O3/c1-6-31-24(29)23-12-22(23)19-11-21(14-27-13-19)26(30,25(4)15-28(5)16-25)20-9-7-18(8-10-20)17(2)3/h7-11,13-14,17,22-23,30H,6,12,15-16H2,1-5H3. The van der Waals surface area contributed by atoms with Crippen molar-refractivity contribution in [2.24, 2.45) is 11.3 Å². The van der Waals surface area contributed by atoms with E-state index in [0.717, 1.165) is 36.2 Å². The molecule has 0 radical (unpaired) electrons. The number of hydrogen-bond donors (Lipinski definition) is 1. The van der Waals surface area contributed by atoms with Crippen LogP contribution in [0.3, 0.4) is 0 Å². The molecule has 5 heteroatoms. The first-order valence-electron chi connectivity index (χ1n) is 11.3. The second-order valence-corrected chi connectivity index (χ2v) is 9.93. The maximum Gasteiger partial charge on any atom is 0.309 e. The van der Waals surface area contributed by atoms with Crippen molar-refractivity contribution in [1.29, 1.82) is 0 Å². The van der Waals surface area contributed by atoms with Gasteiger partial charge in [-0.05, 0) is 55.0 Å². The molecular formula is C26H34N2O3. The van der Waals surface area contributed by atoms with Crippen molar-refractivity contribution in [3.8, 4) is 0 Å². The van der Waals surface area contributed by atoms with Crippen LogP contribution < -0.4 is 0 Å². The Labute approximate surface area is 185 Å². The Morgan fingerprint density at radius 1 is 1.26 bits per heavy atom. The molecule has 1 aromatic heterocycles. The maximum absolute atomic E-state index is 12.3. The number of esters is 1. The molecule has 166 valence electrons. The van der Waals surface area contributed by atoms with E-state index in [1.54, 1.807) is 6.20 Å². The van der Waals surface area contributed by atoms with Gasteiger partial charge in [-0.1, -0.05) is 45.0 Å². The van der Waals surface area contributed by atoms with E-state index >= 15 is 0 Å². The Balaban J connectivity index is 1.71. The zero-order valence-corrected chi connectivity index (χ0v) is 19.3. The third-order valence-electron chi connectivity index (χ3n) is 7.09. The predicted octanol–water partition coefficient (Wildman–Crippen LogP) is 4.06. The molecule has 0 bridgehead atoms. The number of ether oxygens (including phenoxy) is 1. The summed E-state index contributed by atoms with van der Waals surface area (Å²) in [5.41, 5.74) is 2.46. The van der Waals surface area contributed by atoms with E-state index in [1.165, 1.54) is 5.56 Å². The van der Waals surface area contributed by atoms with Gasteiger partial charge in [-0.15, -0.1) is 0 Å². The van der Waals surface area contributed by atoms with Crippen molar-refractivity contribution >= 4 is 5.97 Å². The lowest BCUT2D eigenvalue weighted by Crippen LogP contribution is -2.63. The van der Waals surface area contributed by atoms with Crippen molar-refractivity contribution in [3.63, 3.8) is 0 Å².